The van der Waals surface area contributed by atoms with Crippen LogP contribution in [0.25, 0.3) is 0 Å². The average molecular weight is 270 g/mol. The van der Waals surface area contributed by atoms with Crippen LogP contribution in [-0.2, 0) is 7.05 Å². The molecule has 1 heterocycles. The maximum atomic E-state index is 6.33. The molecule has 1 aromatic heterocycles. The summed E-state index contributed by atoms with van der Waals surface area (Å²) in [5, 5.41) is 8.64. The number of nitrogens with zero attached hydrogens (tertiary/aromatic N) is 2. The van der Waals surface area contributed by atoms with Gasteiger partial charge in [-0.1, -0.05) is 37.8 Å². The third kappa shape index (κ3) is 3.07. The summed E-state index contributed by atoms with van der Waals surface area (Å²) in [7, 11) is 2.01. The molecule has 0 aromatic carbocycles. The van der Waals surface area contributed by atoms with Crippen molar-refractivity contribution in [2.45, 2.75) is 44.9 Å². The van der Waals surface area contributed by atoms with E-state index in [0.29, 0.717) is 11.8 Å². The second-order valence-electron chi connectivity index (χ2n) is 5.31. The molecule has 4 heteroatoms. The predicted octanol–water partition coefficient (Wildman–Crippen LogP) is 3.35. The third-order valence-corrected chi connectivity index (χ3v) is 4.40. The Hall–Kier alpha value is -0.540. The Bertz CT molecular complexity index is 356. The molecule has 2 rings (SSSR count). The lowest BCUT2D eigenvalue weighted by molar-refractivity contribution is 0.364. The van der Waals surface area contributed by atoms with Gasteiger partial charge in [-0.3, -0.25) is 4.68 Å². The van der Waals surface area contributed by atoms with E-state index in [9.17, 15) is 0 Å². The van der Waals surface area contributed by atoms with Crippen LogP contribution in [0.4, 0.5) is 0 Å². The molecule has 1 aliphatic carbocycles. The zero-order valence-electron chi connectivity index (χ0n) is 11.5. The molecule has 102 valence electrons. The minimum Gasteiger partial charge on any atom is -0.317 e. The first-order valence-electron chi connectivity index (χ1n) is 7.12. The van der Waals surface area contributed by atoms with E-state index in [-0.39, 0.29) is 0 Å². The molecular formula is C14H24ClN3. The van der Waals surface area contributed by atoms with Gasteiger partial charge in [-0.15, -0.1) is 0 Å². The Kier molecular flexibility index (Phi) is 5.07. The molecule has 1 N–H and O–H groups in total. The average Bonchev–Trinajstić information content (AvgIpc) is 2.57. The smallest absolute Gasteiger partial charge is 0.0820 e. The molecule has 0 amide bonds. The van der Waals surface area contributed by atoms with Gasteiger partial charge in [0.05, 0.1) is 16.9 Å². The van der Waals surface area contributed by atoms with Crippen molar-refractivity contribution in [3.8, 4) is 0 Å². The molecule has 0 aliphatic heterocycles. The van der Waals surface area contributed by atoms with Crippen molar-refractivity contribution < 1.29 is 0 Å². The van der Waals surface area contributed by atoms with Gasteiger partial charge < -0.3 is 5.32 Å². The van der Waals surface area contributed by atoms with E-state index in [2.05, 4.69) is 17.3 Å². The fraction of sp³-hybridized carbons (Fsp3) is 0.786. The van der Waals surface area contributed by atoms with Crippen LogP contribution < -0.4 is 5.32 Å². The predicted molar refractivity (Wildman–Crippen MR) is 76.1 cm³/mol. The van der Waals surface area contributed by atoms with Crippen LogP contribution in [0.5, 0.6) is 0 Å². The summed E-state index contributed by atoms with van der Waals surface area (Å²) >= 11 is 6.33. The normalized spacial score (nSPS) is 25.1. The maximum absolute atomic E-state index is 6.33. The Labute approximate surface area is 115 Å². The SMILES string of the molecule is CCNCC1CCCCCC1c1c(Cl)cnn1C. The molecule has 1 saturated carbocycles. The monoisotopic (exact) mass is 269 g/mol. The molecule has 3 nitrogen and oxygen atoms in total. The fourth-order valence-corrected chi connectivity index (χ4v) is 3.46. The lowest BCUT2D eigenvalue weighted by atomic mass is 9.85. The van der Waals surface area contributed by atoms with Gasteiger partial charge in [0, 0.05) is 13.0 Å². The summed E-state index contributed by atoms with van der Waals surface area (Å²) in [5.74, 6) is 1.26. The lowest BCUT2D eigenvalue weighted by Crippen LogP contribution is -2.27. The van der Waals surface area contributed by atoms with Gasteiger partial charge in [-0.2, -0.15) is 5.10 Å². The maximum Gasteiger partial charge on any atom is 0.0820 e. The summed E-state index contributed by atoms with van der Waals surface area (Å²) in [5.41, 5.74) is 1.24. The van der Waals surface area contributed by atoms with Crippen LogP contribution in [-0.4, -0.2) is 22.9 Å². The molecule has 2 atom stereocenters. The van der Waals surface area contributed by atoms with E-state index in [1.807, 2.05) is 11.7 Å². The second-order valence-corrected chi connectivity index (χ2v) is 5.72. The molecule has 0 radical (unpaired) electrons. The van der Waals surface area contributed by atoms with Crippen LogP contribution in [0, 0.1) is 5.92 Å². The summed E-state index contributed by atoms with van der Waals surface area (Å²) < 4.78 is 1.97. The van der Waals surface area contributed by atoms with Gasteiger partial charge in [0.1, 0.15) is 0 Å². The fourth-order valence-electron chi connectivity index (χ4n) is 3.16. The Morgan fingerprint density at radius 1 is 1.39 bits per heavy atom. The molecular weight excluding hydrogens is 246 g/mol. The van der Waals surface area contributed by atoms with E-state index in [1.54, 1.807) is 6.20 Å². The number of hydrogen-bond acceptors (Lipinski definition) is 2. The topological polar surface area (TPSA) is 29.9 Å². The molecule has 18 heavy (non-hydrogen) atoms. The summed E-state index contributed by atoms with van der Waals surface area (Å²) in [6.07, 6.45) is 8.35. The molecule has 0 spiro atoms. The summed E-state index contributed by atoms with van der Waals surface area (Å²) in [6, 6.07) is 0. The number of rotatable bonds is 4. The first-order chi connectivity index (χ1) is 8.74. The van der Waals surface area contributed by atoms with Gasteiger partial charge in [-0.05, 0) is 31.8 Å². The van der Waals surface area contributed by atoms with Crippen molar-refractivity contribution in [1.82, 2.24) is 15.1 Å². The quantitative estimate of drug-likeness (QED) is 0.850. The molecule has 0 bridgehead atoms. The third-order valence-electron chi connectivity index (χ3n) is 4.10. The lowest BCUT2D eigenvalue weighted by Gasteiger charge is -2.26. The van der Waals surface area contributed by atoms with Crippen molar-refractivity contribution in [1.29, 1.82) is 0 Å². The van der Waals surface area contributed by atoms with Crippen molar-refractivity contribution in [3.05, 3.63) is 16.9 Å². The molecule has 1 aliphatic rings. The number of halogens is 1. The Morgan fingerprint density at radius 3 is 2.83 bits per heavy atom. The van der Waals surface area contributed by atoms with Gasteiger partial charge in [-0.25, -0.2) is 0 Å². The first-order valence-corrected chi connectivity index (χ1v) is 7.50. The van der Waals surface area contributed by atoms with Crippen molar-refractivity contribution in [2.24, 2.45) is 13.0 Å². The highest BCUT2D eigenvalue weighted by Gasteiger charge is 2.28. The van der Waals surface area contributed by atoms with Crippen LogP contribution in [0.15, 0.2) is 6.20 Å². The van der Waals surface area contributed by atoms with Crippen molar-refractivity contribution in [3.63, 3.8) is 0 Å². The highest BCUT2D eigenvalue weighted by Crippen LogP contribution is 2.38. The zero-order chi connectivity index (χ0) is 13.0. The molecule has 1 fully saturated rings. The highest BCUT2D eigenvalue weighted by atomic mass is 35.5. The number of hydrogen-bond donors (Lipinski definition) is 1. The highest BCUT2D eigenvalue weighted by molar-refractivity contribution is 6.31. The van der Waals surface area contributed by atoms with Gasteiger partial charge in [0.25, 0.3) is 0 Å². The van der Waals surface area contributed by atoms with Crippen molar-refractivity contribution >= 4 is 11.6 Å². The van der Waals surface area contributed by atoms with Crippen LogP contribution in [0.2, 0.25) is 5.02 Å². The minimum absolute atomic E-state index is 0.562. The van der Waals surface area contributed by atoms with Gasteiger partial charge >= 0.3 is 0 Å². The van der Waals surface area contributed by atoms with Crippen molar-refractivity contribution in [2.75, 3.05) is 13.1 Å². The first kappa shape index (κ1) is 13.9. The van der Waals surface area contributed by atoms with E-state index < -0.39 is 0 Å². The zero-order valence-corrected chi connectivity index (χ0v) is 12.2. The molecule has 2 unspecified atom stereocenters. The summed E-state index contributed by atoms with van der Waals surface area (Å²) in [6.45, 7) is 4.31. The molecule has 1 aromatic rings. The van der Waals surface area contributed by atoms with E-state index in [0.717, 1.165) is 18.1 Å². The minimum atomic E-state index is 0.562. The van der Waals surface area contributed by atoms with Crippen LogP contribution in [0.3, 0.4) is 0 Å². The number of nitrogens with one attached hydrogen (secondary N) is 1. The second kappa shape index (κ2) is 6.58. The standard InChI is InChI=1S/C14H24ClN3/c1-3-16-9-11-7-5-4-6-8-12(11)14-13(15)10-17-18(14)2/h10-12,16H,3-9H2,1-2H3. The Balaban J connectivity index is 2.19. The number of aryl methyl sites for hydroxylation is 1. The van der Waals surface area contributed by atoms with Crippen LogP contribution in [0.1, 0.15) is 50.6 Å². The van der Waals surface area contributed by atoms with Gasteiger partial charge in [0.2, 0.25) is 0 Å². The largest absolute Gasteiger partial charge is 0.317 e. The molecule has 0 saturated heterocycles. The van der Waals surface area contributed by atoms with E-state index in [1.165, 1.54) is 37.8 Å². The number of aromatic nitrogens is 2. The summed E-state index contributed by atoms with van der Waals surface area (Å²) in [4.78, 5) is 0. The van der Waals surface area contributed by atoms with Crippen LogP contribution >= 0.6 is 11.6 Å². The Morgan fingerprint density at radius 2 is 2.17 bits per heavy atom. The van der Waals surface area contributed by atoms with E-state index >= 15 is 0 Å². The van der Waals surface area contributed by atoms with E-state index in [4.69, 9.17) is 11.6 Å². The van der Waals surface area contributed by atoms with Gasteiger partial charge in [0.15, 0.2) is 0 Å².